The molecule has 36 heavy (non-hydrogen) atoms. The summed E-state index contributed by atoms with van der Waals surface area (Å²) >= 11 is 0. The van der Waals surface area contributed by atoms with E-state index < -0.39 is 0 Å². The molecule has 4 rings (SSSR count). The zero-order valence-electron chi connectivity index (χ0n) is 22.7. The van der Waals surface area contributed by atoms with E-state index in [0.29, 0.717) is 0 Å². The van der Waals surface area contributed by atoms with E-state index in [9.17, 15) is 0 Å². The molecular weight excluding hydrogens is 432 g/mol. The molecule has 0 spiro atoms. The first-order valence-corrected chi connectivity index (χ1v) is 14.1. The molecule has 4 aromatic carbocycles. The van der Waals surface area contributed by atoms with E-state index in [1.54, 1.807) is 0 Å². The van der Waals surface area contributed by atoms with Crippen molar-refractivity contribution in [2.45, 2.75) is 79.1 Å². The molecule has 0 aliphatic carbocycles. The van der Waals surface area contributed by atoms with E-state index in [4.69, 9.17) is 0 Å². The normalized spacial score (nSPS) is 11.1. The van der Waals surface area contributed by atoms with E-state index in [2.05, 4.69) is 113 Å². The lowest BCUT2D eigenvalue weighted by Crippen LogP contribution is -1.95. The smallest absolute Gasteiger partial charge is 0.0149 e. The molecule has 0 atom stereocenters. The Kier molecular flexibility index (Phi) is 9.17. The average molecular weight is 475 g/mol. The molecule has 4 aromatic rings. The maximum Gasteiger partial charge on any atom is -0.0149 e. The Balaban J connectivity index is 1.61. The summed E-state index contributed by atoms with van der Waals surface area (Å²) in [4.78, 5) is 0. The van der Waals surface area contributed by atoms with Crippen LogP contribution in [0.3, 0.4) is 0 Å². The molecule has 0 N–H and O–H groups in total. The summed E-state index contributed by atoms with van der Waals surface area (Å²) in [5.41, 5.74) is 13.7. The van der Waals surface area contributed by atoms with E-state index in [-0.39, 0.29) is 0 Å². The van der Waals surface area contributed by atoms with Crippen molar-refractivity contribution in [1.82, 2.24) is 0 Å². The van der Waals surface area contributed by atoms with Gasteiger partial charge < -0.3 is 0 Å². The standard InChI is InChI=1S/C36H42/c1-5-9-11-27-13-17-31(18-14-27)33-21-23-35(29(7-3)25-33)36-24-22-34(26-30(36)8-4)32-19-15-28(16-20-32)12-10-6-2/h13-26H,5-12H2,1-4H3. The Morgan fingerprint density at radius 2 is 0.778 bits per heavy atom. The van der Waals surface area contributed by atoms with Crippen LogP contribution in [0.25, 0.3) is 33.4 Å². The van der Waals surface area contributed by atoms with Crippen LogP contribution in [0.4, 0.5) is 0 Å². The summed E-state index contributed by atoms with van der Waals surface area (Å²) < 4.78 is 0. The van der Waals surface area contributed by atoms with Gasteiger partial charge in [-0.05, 0) is 94.2 Å². The van der Waals surface area contributed by atoms with Gasteiger partial charge in [0.15, 0.2) is 0 Å². The van der Waals surface area contributed by atoms with Crippen LogP contribution in [-0.2, 0) is 25.7 Å². The van der Waals surface area contributed by atoms with Crippen LogP contribution in [0.5, 0.6) is 0 Å². The van der Waals surface area contributed by atoms with E-state index in [0.717, 1.165) is 12.8 Å². The van der Waals surface area contributed by atoms with Crippen LogP contribution in [0, 0.1) is 0 Å². The highest BCUT2D eigenvalue weighted by molar-refractivity contribution is 5.78. The average Bonchev–Trinajstić information content (AvgIpc) is 2.95. The summed E-state index contributed by atoms with van der Waals surface area (Å²) in [6.45, 7) is 9.06. The minimum atomic E-state index is 1.03. The zero-order valence-corrected chi connectivity index (χ0v) is 22.7. The van der Waals surface area contributed by atoms with Gasteiger partial charge in [-0.2, -0.15) is 0 Å². The fourth-order valence-corrected chi connectivity index (χ4v) is 5.15. The lowest BCUT2D eigenvalue weighted by atomic mass is 9.88. The minimum absolute atomic E-state index is 1.03. The van der Waals surface area contributed by atoms with Crippen LogP contribution in [-0.4, -0.2) is 0 Å². The molecule has 0 fully saturated rings. The molecule has 0 radical (unpaired) electrons. The molecule has 0 heteroatoms. The molecular formula is C36H42. The summed E-state index contributed by atoms with van der Waals surface area (Å²) in [5, 5.41) is 0. The van der Waals surface area contributed by atoms with Crippen LogP contribution in [0.15, 0.2) is 84.9 Å². The minimum Gasteiger partial charge on any atom is -0.0654 e. The third-order valence-corrected chi connectivity index (χ3v) is 7.48. The highest BCUT2D eigenvalue weighted by atomic mass is 14.2. The number of hydrogen-bond donors (Lipinski definition) is 0. The summed E-state index contributed by atoms with van der Waals surface area (Å²) in [5.74, 6) is 0. The lowest BCUT2D eigenvalue weighted by Gasteiger charge is -2.16. The maximum atomic E-state index is 2.40. The van der Waals surface area contributed by atoms with Crippen LogP contribution < -0.4 is 0 Å². The summed E-state index contributed by atoms with van der Waals surface area (Å²) in [6.07, 6.45) is 9.42. The first kappa shape index (κ1) is 26.0. The Labute approximate surface area is 219 Å². The third-order valence-electron chi connectivity index (χ3n) is 7.48. The largest absolute Gasteiger partial charge is 0.0654 e. The second-order valence-corrected chi connectivity index (χ2v) is 10.1. The molecule has 186 valence electrons. The van der Waals surface area contributed by atoms with Gasteiger partial charge in [0.2, 0.25) is 0 Å². The van der Waals surface area contributed by atoms with Crippen molar-refractivity contribution in [2.24, 2.45) is 0 Å². The van der Waals surface area contributed by atoms with Crippen molar-refractivity contribution in [3.63, 3.8) is 0 Å². The fourth-order valence-electron chi connectivity index (χ4n) is 5.15. The first-order valence-electron chi connectivity index (χ1n) is 14.1. The van der Waals surface area contributed by atoms with Gasteiger partial charge in [0, 0.05) is 0 Å². The molecule has 0 saturated heterocycles. The van der Waals surface area contributed by atoms with Gasteiger partial charge in [-0.3, -0.25) is 0 Å². The Morgan fingerprint density at radius 1 is 0.417 bits per heavy atom. The van der Waals surface area contributed by atoms with Crippen LogP contribution in [0.1, 0.15) is 75.6 Å². The van der Waals surface area contributed by atoms with E-state index in [1.165, 1.54) is 94.2 Å². The van der Waals surface area contributed by atoms with E-state index in [1.807, 2.05) is 0 Å². The number of aryl methyl sites for hydroxylation is 4. The van der Waals surface area contributed by atoms with Gasteiger partial charge in [0.1, 0.15) is 0 Å². The molecule has 0 unspecified atom stereocenters. The number of hydrogen-bond acceptors (Lipinski definition) is 0. The maximum absolute atomic E-state index is 2.40. The first-order chi connectivity index (χ1) is 17.7. The molecule has 0 aliphatic heterocycles. The van der Waals surface area contributed by atoms with E-state index >= 15 is 0 Å². The predicted molar refractivity (Wildman–Crippen MR) is 159 cm³/mol. The quantitative estimate of drug-likeness (QED) is 0.203. The van der Waals surface area contributed by atoms with Gasteiger partial charge in [-0.1, -0.05) is 125 Å². The van der Waals surface area contributed by atoms with Crippen LogP contribution in [0.2, 0.25) is 0 Å². The highest BCUT2D eigenvalue weighted by Crippen LogP contribution is 2.34. The highest BCUT2D eigenvalue weighted by Gasteiger charge is 2.12. The number of rotatable bonds is 11. The Morgan fingerprint density at radius 3 is 1.11 bits per heavy atom. The fraction of sp³-hybridized carbons (Fsp3) is 0.333. The molecule has 0 saturated carbocycles. The van der Waals surface area contributed by atoms with Crippen molar-refractivity contribution in [3.05, 3.63) is 107 Å². The topological polar surface area (TPSA) is 0 Å². The van der Waals surface area contributed by atoms with Crippen molar-refractivity contribution >= 4 is 0 Å². The number of unbranched alkanes of at least 4 members (excludes halogenated alkanes) is 2. The lowest BCUT2D eigenvalue weighted by molar-refractivity contribution is 0.795. The SMILES string of the molecule is CCCCc1ccc(-c2ccc(-c3ccc(-c4ccc(CCCC)cc4)cc3CC)c(CC)c2)cc1. The van der Waals surface area contributed by atoms with Crippen LogP contribution >= 0.6 is 0 Å². The van der Waals surface area contributed by atoms with Crippen molar-refractivity contribution in [1.29, 1.82) is 0 Å². The second kappa shape index (κ2) is 12.7. The van der Waals surface area contributed by atoms with Gasteiger partial charge in [-0.25, -0.2) is 0 Å². The molecule has 0 aliphatic rings. The summed E-state index contributed by atoms with van der Waals surface area (Å²) in [7, 11) is 0. The van der Waals surface area contributed by atoms with Gasteiger partial charge in [0.05, 0.1) is 0 Å². The Bertz CT molecular complexity index is 1140. The van der Waals surface area contributed by atoms with Gasteiger partial charge in [0.25, 0.3) is 0 Å². The second-order valence-electron chi connectivity index (χ2n) is 10.1. The Hall–Kier alpha value is -3.12. The van der Waals surface area contributed by atoms with Gasteiger partial charge in [-0.15, -0.1) is 0 Å². The van der Waals surface area contributed by atoms with Crippen molar-refractivity contribution in [2.75, 3.05) is 0 Å². The molecule has 0 bridgehead atoms. The molecule has 0 heterocycles. The van der Waals surface area contributed by atoms with Crippen molar-refractivity contribution in [3.8, 4) is 33.4 Å². The number of benzene rings is 4. The monoisotopic (exact) mass is 474 g/mol. The predicted octanol–water partition coefficient (Wildman–Crippen LogP) is 10.5. The zero-order chi connectivity index (χ0) is 25.3. The van der Waals surface area contributed by atoms with Crippen molar-refractivity contribution < 1.29 is 0 Å². The molecule has 0 aromatic heterocycles. The molecule has 0 nitrogen and oxygen atoms in total. The third kappa shape index (κ3) is 6.16. The van der Waals surface area contributed by atoms with Gasteiger partial charge >= 0.3 is 0 Å². The molecule has 0 amide bonds. The summed E-state index contributed by atoms with van der Waals surface area (Å²) in [6, 6.07) is 32.5.